The van der Waals surface area contributed by atoms with Crippen LogP contribution in [0.25, 0.3) is 0 Å². The van der Waals surface area contributed by atoms with Crippen molar-refractivity contribution in [2.75, 3.05) is 19.6 Å². The predicted octanol–water partition coefficient (Wildman–Crippen LogP) is 6.87. The maximum Gasteiger partial charge on any atom is 0.130 e. The number of hydrogen-bond acceptors (Lipinski definition) is 1. The van der Waals surface area contributed by atoms with Gasteiger partial charge in [-0.15, -0.1) is 0 Å². The van der Waals surface area contributed by atoms with Crippen molar-refractivity contribution in [1.82, 2.24) is 4.90 Å². The van der Waals surface area contributed by atoms with Gasteiger partial charge in [-0.25, -0.2) is 4.39 Å². The van der Waals surface area contributed by atoms with Crippen molar-refractivity contribution in [1.29, 1.82) is 0 Å². The highest BCUT2D eigenvalue weighted by molar-refractivity contribution is 5.36. The molecule has 2 aliphatic carbocycles. The van der Waals surface area contributed by atoms with Crippen LogP contribution in [0.15, 0.2) is 35.5 Å². The third kappa shape index (κ3) is 5.55. The highest BCUT2D eigenvalue weighted by Crippen LogP contribution is 2.46. The van der Waals surface area contributed by atoms with Gasteiger partial charge in [0.05, 0.1) is 0 Å². The molecular formula is C24H40FN. The molecule has 1 nitrogen and oxygen atoms in total. The largest absolute Gasteiger partial charge is 0.303 e. The molecule has 0 aromatic carbocycles. The Kier molecular flexibility index (Phi) is 7.70. The van der Waals surface area contributed by atoms with Crippen LogP contribution in [0.2, 0.25) is 0 Å². The Hall–Kier alpha value is -0.890. The number of halogens is 1. The average Bonchev–Trinajstić information content (AvgIpc) is 2.85. The number of hydrogen-bond donors (Lipinski definition) is 0. The lowest BCUT2D eigenvalue weighted by Gasteiger charge is -2.44. The molecule has 2 aliphatic rings. The van der Waals surface area contributed by atoms with E-state index in [0.29, 0.717) is 11.3 Å². The summed E-state index contributed by atoms with van der Waals surface area (Å²) in [5.41, 5.74) is 1.43. The summed E-state index contributed by atoms with van der Waals surface area (Å²) in [5, 5.41) is 0. The molecule has 0 heterocycles. The van der Waals surface area contributed by atoms with Crippen LogP contribution >= 0.6 is 0 Å². The Morgan fingerprint density at radius 1 is 1.19 bits per heavy atom. The van der Waals surface area contributed by atoms with Crippen LogP contribution in [-0.2, 0) is 0 Å². The highest BCUT2D eigenvalue weighted by Gasteiger charge is 2.38. The summed E-state index contributed by atoms with van der Waals surface area (Å²) >= 11 is 0. The third-order valence-electron chi connectivity index (χ3n) is 6.54. The Morgan fingerprint density at radius 2 is 1.88 bits per heavy atom. The van der Waals surface area contributed by atoms with Crippen LogP contribution < -0.4 is 0 Å². The summed E-state index contributed by atoms with van der Waals surface area (Å²) in [4.78, 5) is 2.61. The zero-order valence-corrected chi connectivity index (χ0v) is 17.8. The van der Waals surface area contributed by atoms with Gasteiger partial charge in [0, 0.05) is 6.54 Å². The first-order chi connectivity index (χ1) is 12.3. The Labute approximate surface area is 161 Å². The Morgan fingerprint density at radius 3 is 2.46 bits per heavy atom. The molecule has 2 rings (SSSR count). The molecule has 1 fully saturated rings. The van der Waals surface area contributed by atoms with E-state index in [0.717, 1.165) is 25.1 Å². The summed E-state index contributed by atoms with van der Waals surface area (Å²) in [6.07, 6.45) is 17.3. The minimum Gasteiger partial charge on any atom is -0.303 e. The van der Waals surface area contributed by atoms with E-state index < -0.39 is 5.67 Å². The van der Waals surface area contributed by atoms with E-state index in [1.807, 2.05) is 6.08 Å². The third-order valence-corrected chi connectivity index (χ3v) is 6.54. The molecule has 0 aromatic rings. The average molecular weight is 362 g/mol. The molecule has 148 valence electrons. The molecule has 0 bridgehead atoms. The zero-order valence-electron chi connectivity index (χ0n) is 17.8. The summed E-state index contributed by atoms with van der Waals surface area (Å²) < 4.78 is 14.4. The fraction of sp³-hybridized carbons (Fsp3) is 0.750. The van der Waals surface area contributed by atoms with E-state index >= 15 is 0 Å². The summed E-state index contributed by atoms with van der Waals surface area (Å²) in [6, 6.07) is 0. The van der Waals surface area contributed by atoms with Crippen LogP contribution in [0, 0.1) is 11.3 Å². The molecule has 0 aromatic heterocycles. The van der Waals surface area contributed by atoms with Gasteiger partial charge >= 0.3 is 0 Å². The van der Waals surface area contributed by atoms with E-state index in [9.17, 15) is 4.39 Å². The second-order valence-corrected chi connectivity index (χ2v) is 9.10. The van der Waals surface area contributed by atoms with Crippen molar-refractivity contribution in [2.45, 2.75) is 85.2 Å². The van der Waals surface area contributed by atoms with Crippen molar-refractivity contribution in [2.24, 2.45) is 11.3 Å². The van der Waals surface area contributed by atoms with Gasteiger partial charge in [-0.05, 0) is 69.5 Å². The summed E-state index contributed by atoms with van der Waals surface area (Å²) in [5.74, 6) is 0.567. The quantitative estimate of drug-likeness (QED) is 0.456. The number of allylic oxidation sites excluding steroid dienone is 5. The van der Waals surface area contributed by atoms with Crippen LogP contribution in [-0.4, -0.2) is 30.2 Å². The maximum atomic E-state index is 14.4. The van der Waals surface area contributed by atoms with Gasteiger partial charge in [-0.1, -0.05) is 69.9 Å². The molecule has 1 saturated carbocycles. The SMILES string of the molecule is CCCN(CC)CC(C1=CC=CC(C(C)(C)F)=CC1)C1(C)CCCCC1. The molecule has 0 radical (unpaired) electrons. The summed E-state index contributed by atoms with van der Waals surface area (Å²) in [6.45, 7) is 13.8. The van der Waals surface area contributed by atoms with Gasteiger partial charge in [0.2, 0.25) is 0 Å². The zero-order chi connectivity index (χ0) is 19.2. The molecule has 1 unspecified atom stereocenters. The Balaban J connectivity index is 2.27. The van der Waals surface area contributed by atoms with E-state index in [-0.39, 0.29) is 0 Å². The van der Waals surface area contributed by atoms with Gasteiger partial charge in [-0.2, -0.15) is 0 Å². The molecule has 0 saturated heterocycles. The van der Waals surface area contributed by atoms with Gasteiger partial charge in [0.25, 0.3) is 0 Å². The second-order valence-electron chi connectivity index (χ2n) is 9.10. The standard InChI is InChI=1S/C24H40FN/c1-6-18-26(7-2)19-22(24(5)16-9-8-10-17-24)20-12-11-13-21(15-14-20)23(3,4)25/h11-13,15,22H,6-10,14,16-19H2,1-5H3. The van der Waals surface area contributed by atoms with Crippen molar-refractivity contribution >= 4 is 0 Å². The van der Waals surface area contributed by atoms with Crippen molar-refractivity contribution in [3.63, 3.8) is 0 Å². The lowest BCUT2D eigenvalue weighted by Crippen LogP contribution is -2.40. The monoisotopic (exact) mass is 361 g/mol. The van der Waals surface area contributed by atoms with E-state index in [2.05, 4.69) is 43.9 Å². The molecule has 0 N–H and O–H groups in total. The van der Waals surface area contributed by atoms with E-state index in [1.54, 1.807) is 13.8 Å². The van der Waals surface area contributed by atoms with Gasteiger partial charge in [0.1, 0.15) is 5.67 Å². The minimum absolute atomic E-state index is 0.378. The number of rotatable bonds is 8. The van der Waals surface area contributed by atoms with Crippen LogP contribution in [0.3, 0.4) is 0 Å². The van der Waals surface area contributed by atoms with Gasteiger partial charge in [-0.3, -0.25) is 0 Å². The first-order valence-electron chi connectivity index (χ1n) is 10.8. The maximum absolute atomic E-state index is 14.4. The Bertz CT molecular complexity index is 529. The molecule has 0 amide bonds. The van der Waals surface area contributed by atoms with Crippen molar-refractivity contribution in [3.05, 3.63) is 35.5 Å². The van der Waals surface area contributed by atoms with E-state index in [1.165, 1.54) is 50.6 Å². The topological polar surface area (TPSA) is 3.24 Å². The molecular weight excluding hydrogens is 321 g/mol. The van der Waals surface area contributed by atoms with Crippen LogP contribution in [0.1, 0.15) is 79.6 Å². The number of nitrogens with zero attached hydrogens (tertiary/aromatic N) is 1. The summed E-state index contributed by atoms with van der Waals surface area (Å²) in [7, 11) is 0. The molecule has 1 atom stereocenters. The lowest BCUT2D eigenvalue weighted by molar-refractivity contribution is 0.102. The first-order valence-corrected chi connectivity index (χ1v) is 10.8. The molecule has 2 heteroatoms. The second kappa shape index (κ2) is 9.35. The van der Waals surface area contributed by atoms with Crippen LogP contribution in [0.4, 0.5) is 4.39 Å². The van der Waals surface area contributed by atoms with Crippen molar-refractivity contribution < 1.29 is 4.39 Å². The highest BCUT2D eigenvalue weighted by atomic mass is 19.1. The predicted molar refractivity (Wildman–Crippen MR) is 112 cm³/mol. The van der Waals surface area contributed by atoms with E-state index in [4.69, 9.17) is 0 Å². The van der Waals surface area contributed by atoms with Gasteiger partial charge < -0.3 is 4.90 Å². The number of alkyl halides is 1. The minimum atomic E-state index is -1.26. The fourth-order valence-electron chi connectivity index (χ4n) is 4.78. The normalized spacial score (nSPS) is 22.0. The smallest absolute Gasteiger partial charge is 0.130 e. The first kappa shape index (κ1) is 21.4. The van der Waals surface area contributed by atoms with Gasteiger partial charge in [0.15, 0.2) is 0 Å². The molecule has 0 spiro atoms. The fourth-order valence-corrected chi connectivity index (χ4v) is 4.78. The van der Waals surface area contributed by atoms with Crippen LogP contribution in [0.5, 0.6) is 0 Å². The lowest BCUT2D eigenvalue weighted by atomic mass is 9.64. The van der Waals surface area contributed by atoms with Crippen molar-refractivity contribution in [3.8, 4) is 0 Å². The molecule has 0 aliphatic heterocycles. The molecule has 26 heavy (non-hydrogen) atoms.